The van der Waals surface area contributed by atoms with Gasteiger partial charge >= 0.3 is 0 Å². The molecule has 0 saturated carbocycles. The molecule has 0 aromatic heterocycles. The summed E-state index contributed by atoms with van der Waals surface area (Å²) < 4.78 is 13.1. The lowest BCUT2D eigenvalue weighted by Crippen LogP contribution is -2.59. The minimum absolute atomic E-state index is 0.0778. The van der Waals surface area contributed by atoms with Crippen LogP contribution in [0.25, 0.3) is 0 Å². The molecule has 2 heterocycles. The minimum atomic E-state index is -0.0778. The van der Waals surface area contributed by atoms with Crippen molar-refractivity contribution in [3.05, 3.63) is 24.3 Å². The highest BCUT2D eigenvalue weighted by molar-refractivity contribution is 5.31. The Morgan fingerprint density at radius 3 is 1.32 bits per heavy atom. The molecule has 0 radical (unpaired) electrons. The average molecular weight is 533 g/mol. The van der Waals surface area contributed by atoms with Crippen LogP contribution in [0.4, 0.5) is 0 Å². The predicted octanol–water partition coefficient (Wildman–Crippen LogP) is 7.66. The van der Waals surface area contributed by atoms with E-state index in [0.29, 0.717) is 23.9 Å². The molecule has 2 aliphatic rings. The van der Waals surface area contributed by atoms with Crippen molar-refractivity contribution in [2.45, 2.75) is 143 Å². The maximum Gasteiger partial charge on any atom is 0.119 e. The first-order valence-corrected chi connectivity index (χ1v) is 15.2. The van der Waals surface area contributed by atoms with Crippen LogP contribution in [0.3, 0.4) is 0 Å². The molecule has 3 rings (SSSR count). The number of hydrogen-bond donors (Lipinski definition) is 0. The number of hydroxylamine groups is 4. The molecule has 2 fully saturated rings. The molecule has 2 saturated heterocycles. The van der Waals surface area contributed by atoms with E-state index in [1.807, 2.05) is 0 Å². The highest BCUT2D eigenvalue weighted by Gasteiger charge is 2.45. The van der Waals surface area contributed by atoms with Crippen LogP contribution >= 0.6 is 0 Å². The monoisotopic (exact) mass is 532 g/mol. The molecule has 0 N–H and O–H groups in total. The Kier molecular flexibility index (Phi) is 11.0. The molecular weight excluding hydrogens is 476 g/mol. The molecule has 0 spiro atoms. The van der Waals surface area contributed by atoms with Crippen LogP contribution in [-0.2, 0) is 9.68 Å². The van der Waals surface area contributed by atoms with Crippen molar-refractivity contribution in [2.75, 3.05) is 13.2 Å². The highest BCUT2D eigenvalue weighted by Crippen LogP contribution is 2.39. The molecule has 6 heteroatoms. The van der Waals surface area contributed by atoms with Gasteiger partial charge in [0.25, 0.3) is 0 Å². The van der Waals surface area contributed by atoms with Crippen molar-refractivity contribution >= 4 is 0 Å². The van der Waals surface area contributed by atoms with E-state index in [2.05, 4.69) is 104 Å². The SMILES string of the molecule is CCCON1C(C(C)C)CC(Oc2ccc(OC3CC(C(C)C)N(OCCC)C(C)(C)C3)cc2)CC1(C)C. The number of benzene rings is 1. The largest absolute Gasteiger partial charge is 0.490 e. The molecule has 4 unspecified atom stereocenters. The van der Waals surface area contributed by atoms with Gasteiger partial charge in [0.2, 0.25) is 0 Å². The van der Waals surface area contributed by atoms with Crippen molar-refractivity contribution in [3.8, 4) is 11.5 Å². The first kappa shape index (κ1) is 31.2. The summed E-state index contributed by atoms with van der Waals surface area (Å²) in [4.78, 5) is 12.4. The number of rotatable bonds is 12. The van der Waals surface area contributed by atoms with E-state index in [1.54, 1.807) is 0 Å². The second-order valence-corrected chi connectivity index (χ2v) is 13.4. The van der Waals surface area contributed by atoms with E-state index in [1.165, 1.54) is 0 Å². The van der Waals surface area contributed by atoms with Gasteiger partial charge in [-0.05, 0) is 76.6 Å². The molecule has 0 amide bonds. The number of piperidine rings is 2. The summed E-state index contributed by atoms with van der Waals surface area (Å²) in [5.74, 6) is 2.80. The van der Waals surface area contributed by atoms with Crippen molar-refractivity contribution in [1.29, 1.82) is 0 Å². The summed E-state index contributed by atoms with van der Waals surface area (Å²) in [5.41, 5.74) is -0.156. The Labute approximate surface area is 233 Å². The van der Waals surface area contributed by atoms with Crippen molar-refractivity contribution in [1.82, 2.24) is 10.1 Å². The Hall–Kier alpha value is -1.34. The predicted molar refractivity (Wildman–Crippen MR) is 155 cm³/mol. The van der Waals surface area contributed by atoms with E-state index in [0.717, 1.165) is 63.2 Å². The van der Waals surface area contributed by atoms with Gasteiger partial charge in [-0.25, -0.2) is 0 Å². The van der Waals surface area contributed by atoms with Crippen LogP contribution < -0.4 is 9.47 Å². The molecule has 218 valence electrons. The van der Waals surface area contributed by atoms with Gasteiger partial charge in [0.05, 0.1) is 13.2 Å². The Morgan fingerprint density at radius 1 is 0.684 bits per heavy atom. The zero-order chi connectivity index (χ0) is 28.1. The van der Waals surface area contributed by atoms with Crippen LogP contribution in [0.15, 0.2) is 24.3 Å². The van der Waals surface area contributed by atoms with Gasteiger partial charge in [-0.2, -0.15) is 10.1 Å². The zero-order valence-corrected chi connectivity index (χ0v) is 26.0. The summed E-state index contributed by atoms with van der Waals surface area (Å²) in [6.07, 6.45) is 6.16. The Balaban J connectivity index is 1.63. The van der Waals surface area contributed by atoms with E-state index in [9.17, 15) is 0 Å². The van der Waals surface area contributed by atoms with Crippen LogP contribution in [0.2, 0.25) is 0 Å². The summed E-state index contributed by atoms with van der Waals surface area (Å²) in [7, 11) is 0. The number of hydrogen-bond acceptors (Lipinski definition) is 6. The van der Waals surface area contributed by atoms with Gasteiger partial charge in [0.15, 0.2) is 0 Å². The highest BCUT2D eigenvalue weighted by atomic mass is 16.7. The van der Waals surface area contributed by atoms with Gasteiger partial charge in [0, 0.05) is 48.8 Å². The van der Waals surface area contributed by atoms with Crippen molar-refractivity contribution in [3.63, 3.8) is 0 Å². The topological polar surface area (TPSA) is 43.4 Å². The molecule has 0 bridgehead atoms. The third-order valence-corrected chi connectivity index (χ3v) is 8.10. The lowest BCUT2D eigenvalue weighted by molar-refractivity contribution is -0.271. The quantitative estimate of drug-likeness (QED) is 0.275. The van der Waals surface area contributed by atoms with E-state index < -0.39 is 0 Å². The summed E-state index contributed by atoms with van der Waals surface area (Å²) in [6, 6.07) is 8.94. The summed E-state index contributed by atoms with van der Waals surface area (Å²) >= 11 is 0. The molecule has 38 heavy (non-hydrogen) atoms. The smallest absolute Gasteiger partial charge is 0.119 e. The van der Waals surface area contributed by atoms with Gasteiger partial charge in [-0.1, -0.05) is 41.5 Å². The zero-order valence-electron chi connectivity index (χ0n) is 26.0. The molecular formula is C32H56N2O4. The van der Waals surface area contributed by atoms with E-state index >= 15 is 0 Å². The third kappa shape index (κ3) is 7.87. The van der Waals surface area contributed by atoms with Crippen LogP contribution in [0.5, 0.6) is 11.5 Å². The van der Waals surface area contributed by atoms with Gasteiger partial charge in [0.1, 0.15) is 23.7 Å². The normalized spacial score (nSPS) is 28.1. The third-order valence-electron chi connectivity index (χ3n) is 8.10. The lowest BCUT2D eigenvalue weighted by Gasteiger charge is -2.50. The average Bonchev–Trinajstić information content (AvgIpc) is 2.82. The van der Waals surface area contributed by atoms with Gasteiger partial charge < -0.3 is 9.47 Å². The fraction of sp³-hybridized carbons (Fsp3) is 0.812. The molecule has 4 atom stereocenters. The summed E-state index contributed by atoms with van der Waals surface area (Å²) in [5, 5.41) is 4.50. The number of ether oxygens (including phenoxy) is 2. The maximum absolute atomic E-state index is 6.54. The van der Waals surface area contributed by atoms with Crippen LogP contribution in [-0.4, -0.2) is 58.7 Å². The molecule has 0 aliphatic carbocycles. The van der Waals surface area contributed by atoms with E-state index in [-0.39, 0.29) is 23.3 Å². The van der Waals surface area contributed by atoms with Crippen molar-refractivity contribution < 1.29 is 19.1 Å². The standard InChI is InChI=1S/C32H56N2O4/c1-11-17-35-33-29(23(3)4)19-27(21-31(33,7)8)37-25-13-15-26(16-14-25)38-28-20-30(24(5)6)34(36-18-12-2)32(9,10)22-28/h13-16,23-24,27-30H,11-12,17-22H2,1-10H3. The minimum Gasteiger partial charge on any atom is -0.490 e. The van der Waals surface area contributed by atoms with Gasteiger partial charge in [-0.3, -0.25) is 9.68 Å². The fourth-order valence-electron chi connectivity index (χ4n) is 6.26. The second-order valence-electron chi connectivity index (χ2n) is 13.4. The van der Waals surface area contributed by atoms with Crippen LogP contribution in [0, 0.1) is 11.8 Å². The fourth-order valence-corrected chi connectivity index (χ4v) is 6.26. The first-order chi connectivity index (χ1) is 17.9. The first-order valence-electron chi connectivity index (χ1n) is 15.2. The van der Waals surface area contributed by atoms with Crippen LogP contribution in [0.1, 0.15) is 108 Å². The molecule has 6 nitrogen and oxygen atoms in total. The summed E-state index contributed by atoms with van der Waals surface area (Å²) in [6.45, 7) is 24.1. The Bertz CT molecular complexity index is 769. The maximum atomic E-state index is 6.54. The molecule has 2 aliphatic heterocycles. The second kappa shape index (κ2) is 13.3. The van der Waals surface area contributed by atoms with Crippen molar-refractivity contribution in [2.24, 2.45) is 11.8 Å². The number of nitrogens with zero attached hydrogens (tertiary/aromatic N) is 2. The van der Waals surface area contributed by atoms with Gasteiger partial charge in [-0.15, -0.1) is 0 Å². The Morgan fingerprint density at radius 2 is 1.03 bits per heavy atom. The molecule has 1 aromatic carbocycles. The molecule has 1 aromatic rings. The van der Waals surface area contributed by atoms with E-state index in [4.69, 9.17) is 19.1 Å². The lowest BCUT2D eigenvalue weighted by atomic mass is 9.82.